The summed E-state index contributed by atoms with van der Waals surface area (Å²) in [6.07, 6.45) is 1.09. The van der Waals surface area contributed by atoms with Gasteiger partial charge in [0.25, 0.3) is 5.91 Å². The Balaban J connectivity index is 1.20. The number of hydrogen-bond acceptors (Lipinski definition) is 11. The molecule has 1 amide bonds. The number of carbonyl (C=O) groups excluding carboxylic acids is 1. The van der Waals surface area contributed by atoms with Crippen LogP contribution in [-0.2, 0) is 27.1 Å². The van der Waals surface area contributed by atoms with Gasteiger partial charge in [0.15, 0.2) is 12.3 Å². The summed E-state index contributed by atoms with van der Waals surface area (Å²) >= 11 is 2.77. The van der Waals surface area contributed by atoms with Crippen LogP contribution in [0, 0.1) is 0 Å². The number of aryl methyl sites for hydroxylation is 2. The Labute approximate surface area is 229 Å². The number of unbranched alkanes of at least 4 members (excludes halogenated alkanes) is 1. The largest absolute Gasteiger partial charge is 0.372 e. The van der Waals surface area contributed by atoms with Crippen LogP contribution in [0.1, 0.15) is 46.2 Å². The zero-order valence-corrected chi connectivity index (χ0v) is 22.7. The molecule has 1 unspecified atom stereocenters. The zero-order chi connectivity index (χ0) is 26.7. The van der Waals surface area contributed by atoms with Crippen LogP contribution in [0.15, 0.2) is 60.7 Å². The number of hydrogen-bond donors (Lipinski definition) is 3. The second kappa shape index (κ2) is 14.0. The Hall–Kier alpha value is -3.29. The highest BCUT2D eigenvalue weighted by Gasteiger charge is 2.22. The molecule has 3 N–H and O–H groups in total. The highest BCUT2D eigenvalue weighted by atomic mass is 32.1. The van der Waals surface area contributed by atoms with Crippen LogP contribution < -0.4 is 10.6 Å². The van der Waals surface area contributed by atoms with E-state index in [0.717, 1.165) is 46.8 Å². The molecular formula is C26H30N6O4S2. The maximum atomic E-state index is 12.6. The van der Waals surface area contributed by atoms with E-state index in [4.69, 9.17) is 9.47 Å². The Morgan fingerprint density at radius 1 is 0.816 bits per heavy atom. The van der Waals surface area contributed by atoms with Crippen molar-refractivity contribution in [3.05, 3.63) is 81.8 Å². The van der Waals surface area contributed by atoms with Gasteiger partial charge in [-0.15, -0.1) is 20.4 Å². The third kappa shape index (κ3) is 7.62. The second-order valence-corrected chi connectivity index (χ2v) is 10.5. The molecule has 10 nitrogen and oxygen atoms in total. The second-order valence-electron chi connectivity index (χ2n) is 8.38. The van der Waals surface area contributed by atoms with Crippen LogP contribution >= 0.6 is 22.7 Å². The van der Waals surface area contributed by atoms with Gasteiger partial charge >= 0.3 is 0 Å². The van der Waals surface area contributed by atoms with E-state index in [1.54, 1.807) is 7.11 Å². The molecule has 3 atom stereocenters. The molecule has 0 saturated carbocycles. The standard InChI is InChI=1S/C26H30N6O4S2/c1-35-21(17-11-5-3-6-12-17)23(33)27-25-31-29-19(37-25)15-9-10-16-20-30-32-26(38-20)28-24(34)22(36-2)18-13-7-4-8-14-18/h3-8,11-14,21-23,33H,9-10,15-16H2,1-2H3,(H,27,31)(H,28,32,34)/t21-,22-,23?/m0/s1. The van der Waals surface area contributed by atoms with Crippen molar-refractivity contribution in [2.24, 2.45) is 0 Å². The van der Waals surface area contributed by atoms with Crippen molar-refractivity contribution in [1.82, 2.24) is 20.4 Å². The number of ether oxygens (including phenoxy) is 2. The molecule has 0 spiro atoms. The van der Waals surface area contributed by atoms with E-state index in [1.165, 1.54) is 29.8 Å². The fraction of sp³-hybridized carbons (Fsp3) is 0.346. The number of aliphatic hydroxyl groups excluding tert-OH is 1. The molecule has 0 fully saturated rings. The van der Waals surface area contributed by atoms with Crippen LogP contribution in [0.4, 0.5) is 10.3 Å². The lowest BCUT2D eigenvalue weighted by molar-refractivity contribution is -0.126. The monoisotopic (exact) mass is 554 g/mol. The van der Waals surface area contributed by atoms with Crippen LogP contribution in [0.5, 0.6) is 0 Å². The van der Waals surface area contributed by atoms with Gasteiger partial charge in [-0.2, -0.15) is 0 Å². The molecule has 200 valence electrons. The summed E-state index contributed by atoms with van der Waals surface area (Å²) < 4.78 is 10.8. The summed E-state index contributed by atoms with van der Waals surface area (Å²) in [5, 5.41) is 35.8. The van der Waals surface area contributed by atoms with Gasteiger partial charge in [0.05, 0.1) is 0 Å². The number of rotatable bonds is 14. The summed E-state index contributed by atoms with van der Waals surface area (Å²) in [5.41, 5.74) is 1.64. The average molecular weight is 555 g/mol. The molecule has 38 heavy (non-hydrogen) atoms. The highest BCUT2D eigenvalue weighted by Crippen LogP contribution is 2.25. The van der Waals surface area contributed by atoms with Crippen molar-refractivity contribution in [3.63, 3.8) is 0 Å². The Bertz CT molecular complexity index is 1270. The lowest BCUT2D eigenvalue weighted by atomic mass is 10.1. The number of nitrogens with one attached hydrogen (secondary N) is 2. The first-order valence-corrected chi connectivity index (χ1v) is 13.8. The predicted molar refractivity (Wildman–Crippen MR) is 147 cm³/mol. The number of amides is 1. The first kappa shape index (κ1) is 27.7. The molecular weight excluding hydrogens is 524 g/mol. The molecule has 0 aliphatic carbocycles. The summed E-state index contributed by atoms with van der Waals surface area (Å²) in [7, 11) is 3.06. The number of nitrogens with zero attached hydrogens (tertiary/aromatic N) is 4. The number of methoxy groups -OCH3 is 2. The maximum Gasteiger partial charge on any atom is 0.259 e. The molecule has 2 heterocycles. The van der Waals surface area contributed by atoms with Gasteiger partial charge in [-0.25, -0.2) is 0 Å². The topological polar surface area (TPSA) is 131 Å². The van der Waals surface area contributed by atoms with E-state index in [9.17, 15) is 9.90 Å². The van der Waals surface area contributed by atoms with E-state index in [-0.39, 0.29) is 5.91 Å². The van der Waals surface area contributed by atoms with Gasteiger partial charge in [0.1, 0.15) is 16.1 Å². The summed E-state index contributed by atoms with van der Waals surface area (Å²) in [4.78, 5) is 12.6. The number of aromatic nitrogens is 4. The minimum Gasteiger partial charge on any atom is -0.372 e. The Morgan fingerprint density at radius 3 is 1.95 bits per heavy atom. The zero-order valence-electron chi connectivity index (χ0n) is 21.1. The van der Waals surface area contributed by atoms with Crippen LogP contribution in [0.25, 0.3) is 0 Å². The molecule has 12 heteroatoms. The summed E-state index contributed by atoms with van der Waals surface area (Å²) in [5.74, 6) is -0.284. The minimum atomic E-state index is -0.956. The quantitative estimate of drug-likeness (QED) is 0.153. The van der Waals surface area contributed by atoms with Crippen molar-refractivity contribution in [3.8, 4) is 0 Å². The Morgan fingerprint density at radius 2 is 1.37 bits per heavy atom. The molecule has 0 bridgehead atoms. The molecule has 2 aromatic carbocycles. The first-order valence-electron chi connectivity index (χ1n) is 12.1. The SMILES string of the molecule is CO[C@H](C(=O)Nc1nnc(CCCCc2nnc(NC(O)[C@@H](OC)c3ccccc3)s2)s1)c1ccccc1. The minimum absolute atomic E-state index is 0.284. The third-order valence-electron chi connectivity index (χ3n) is 5.71. The van der Waals surface area contributed by atoms with Crippen LogP contribution in [-0.4, -0.2) is 51.9 Å². The van der Waals surface area contributed by atoms with Gasteiger partial charge in [-0.3, -0.25) is 10.1 Å². The van der Waals surface area contributed by atoms with E-state index in [2.05, 4.69) is 31.0 Å². The molecule has 4 rings (SSSR count). The fourth-order valence-electron chi connectivity index (χ4n) is 3.86. The molecule has 2 aromatic heterocycles. The number of benzene rings is 2. The number of anilines is 2. The molecule has 0 saturated heterocycles. The number of carbonyl (C=O) groups is 1. The van der Waals surface area contributed by atoms with Gasteiger partial charge in [0.2, 0.25) is 10.3 Å². The van der Waals surface area contributed by atoms with Crippen molar-refractivity contribution in [2.75, 3.05) is 24.9 Å². The average Bonchev–Trinajstić information content (AvgIpc) is 3.58. The summed E-state index contributed by atoms with van der Waals surface area (Å²) in [6.45, 7) is 0. The lowest BCUT2D eigenvalue weighted by Gasteiger charge is -2.22. The van der Waals surface area contributed by atoms with E-state index >= 15 is 0 Å². The first-order chi connectivity index (χ1) is 18.6. The van der Waals surface area contributed by atoms with E-state index in [1.807, 2.05) is 60.7 Å². The van der Waals surface area contributed by atoms with Gasteiger partial charge in [-0.05, 0) is 24.0 Å². The number of aliphatic hydroxyl groups is 1. The van der Waals surface area contributed by atoms with Crippen molar-refractivity contribution >= 4 is 38.8 Å². The van der Waals surface area contributed by atoms with Crippen molar-refractivity contribution < 1.29 is 19.4 Å². The molecule has 4 aromatic rings. The lowest BCUT2D eigenvalue weighted by Crippen LogP contribution is -2.28. The van der Waals surface area contributed by atoms with E-state index in [0.29, 0.717) is 10.3 Å². The molecule has 0 aliphatic heterocycles. The smallest absolute Gasteiger partial charge is 0.259 e. The van der Waals surface area contributed by atoms with Crippen LogP contribution in [0.2, 0.25) is 0 Å². The molecule has 0 radical (unpaired) electrons. The maximum absolute atomic E-state index is 12.6. The van der Waals surface area contributed by atoms with Gasteiger partial charge < -0.3 is 19.9 Å². The third-order valence-corrected chi connectivity index (χ3v) is 7.52. The predicted octanol–water partition coefficient (Wildman–Crippen LogP) is 4.40. The van der Waals surface area contributed by atoms with Gasteiger partial charge in [0, 0.05) is 27.1 Å². The fourth-order valence-corrected chi connectivity index (χ4v) is 5.45. The normalized spacial score (nSPS) is 13.6. The van der Waals surface area contributed by atoms with Gasteiger partial charge in [-0.1, -0.05) is 83.3 Å². The summed E-state index contributed by atoms with van der Waals surface area (Å²) in [6, 6.07) is 18.8. The van der Waals surface area contributed by atoms with E-state index < -0.39 is 18.4 Å². The highest BCUT2D eigenvalue weighted by molar-refractivity contribution is 7.15. The van der Waals surface area contributed by atoms with Crippen LogP contribution in [0.3, 0.4) is 0 Å². The van der Waals surface area contributed by atoms with Crippen molar-refractivity contribution in [2.45, 2.75) is 44.1 Å². The molecule has 0 aliphatic rings. The van der Waals surface area contributed by atoms with Crippen molar-refractivity contribution in [1.29, 1.82) is 0 Å². The Kier molecular flexibility index (Phi) is 10.2.